The Bertz CT molecular complexity index is 361. The van der Waals surface area contributed by atoms with E-state index < -0.39 is 0 Å². The highest BCUT2D eigenvalue weighted by molar-refractivity contribution is 7.99. The highest BCUT2D eigenvalue weighted by Crippen LogP contribution is 2.24. The molecule has 1 aliphatic heterocycles. The molecular weight excluding hydrogens is 240 g/mol. The van der Waals surface area contributed by atoms with Gasteiger partial charge in [0, 0.05) is 18.8 Å². The zero-order valence-corrected chi connectivity index (χ0v) is 10.7. The quantitative estimate of drug-likeness (QED) is 0.579. The number of aromatic nitrogens is 3. The van der Waals surface area contributed by atoms with Crippen LogP contribution in [0.3, 0.4) is 0 Å². The molecule has 7 nitrogen and oxygen atoms in total. The molecule has 1 aromatic heterocycles. The van der Waals surface area contributed by atoms with Crippen molar-refractivity contribution in [3.8, 4) is 6.01 Å². The van der Waals surface area contributed by atoms with Crippen molar-refractivity contribution in [1.82, 2.24) is 15.0 Å². The molecule has 1 aromatic rings. The normalized spacial score (nSPS) is 19.1. The van der Waals surface area contributed by atoms with E-state index in [1.165, 1.54) is 12.9 Å². The number of hydrogen-bond acceptors (Lipinski definition) is 8. The molecule has 1 unspecified atom stereocenters. The molecule has 0 bridgehead atoms. The summed E-state index contributed by atoms with van der Waals surface area (Å²) < 4.78 is 5.02. The number of nitrogen functional groups attached to an aromatic ring is 1. The predicted molar refractivity (Wildman–Crippen MR) is 68.3 cm³/mol. The summed E-state index contributed by atoms with van der Waals surface area (Å²) in [5.41, 5.74) is 2.41. The first kappa shape index (κ1) is 12.2. The standard InChI is InChI=1S/C9H16N6OS/c1-15(6-3-4-17-5-6)8-11-7(14-10)12-9(13-8)16-2/h6H,3-5,10H2,1-2H3,(H,11,12,13,14). The van der Waals surface area contributed by atoms with E-state index in [0.717, 1.165) is 12.2 Å². The molecule has 1 aliphatic rings. The van der Waals surface area contributed by atoms with E-state index in [0.29, 0.717) is 17.9 Å². The number of rotatable bonds is 4. The number of hydrazine groups is 1. The summed E-state index contributed by atoms with van der Waals surface area (Å²) in [5.74, 6) is 8.48. The average Bonchev–Trinajstić information content (AvgIpc) is 2.91. The van der Waals surface area contributed by atoms with E-state index in [1.54, 1.807) is 0 Å². The molecule has 2 heterocycles. The van der Waals surface area contributed by atoms with Gasteiger partial charge in [0.05, 0.1) is 7.11 Å². The van der Waals surface area contributed by atoms with Gasteiger partial charge in [-0.05, 0) is 12.2 Å². The summed E-state index contributed by atoms with van der Waals surface area (Å²) in [5, 5.41) is 0. The van der Waals surface area contributed by atoms with E-state index in [1.807, 2.05) is 23.7 Å². The van der Waals surface area contributed by atoms with Gasteiger partial charge < -0.3 is 9.64 Å². The molecule has 8 heteroatoms. The fourth-order valence-electron chi connectivity index (χ4n) is 1.65. The first-order valence-electron chi connectivity index (χ1n) is 5.32. The highest BCUT2D eigenvalue weighted by Gasteiger charge is 2.23. The Morgan fingerprint density at radius 3 is 2.88 bits per heavy atom. The number of nitrogens with one attached hydrogen (secondary N) is 1. The second-order valence-corrected chi connectivity index (χ2v) is 4.87. The molecule has 1 fully saturated rings. The van der Waals surface area contributed by atoms with Gasteiger partial charge in [-0.25, -0.2) is 5.84 Å². The van der Waals surface area contributed by atoms with Crippen LogP contribution in [0.5, 0.6) is 6.01 Å². The number of nitrogens with two attached hydrogens (primary N) is 1. The molecule has 0 radical (unpaired) electrons. The van der Waals surface area contributed by atoms with Crippen molar-refractivity contribution in [2.24, 2.45) is 5.84 Å². The van der Waals surface area contributed by atoms with Crippen LogP contribution in [0.2, 0.25) is 0 Å². The first-order valence-corrected chi connectivity index (χ1v) is 6.47. The Balaban J connectivity index is 2.23. The lowest BCUT2D eigenvalue weighted by atomic mass is 10.2. The van der Waals surface area contributed by atoms with Crippen molar-refractivity contribution < 1.29 is 4.74 Å². The van der Waals surface area contributed by atoms with Crippen LogP contribution in [0.25, 0.3) is 0 Å². The van der Waals surface area contributed by atoms with Crippen molar-refractivity contribution in [3.63, 3.8) is 0 Å². The molecular formula is C9H16N6OS. The number of ether oxygens (including phenoxy) is 1. The maximum atomic E-state index is 5.31. The molecule has 3 N–H and O–H groups in total. The Kier molecular flexibility index (Phi) is 3.85. The van der Waals surface area contributed by atoms with Crippen molar-refractivity contribution in [2.45, 2.75) is 12.5 Å². The molecule has 0 aromatic carbocycles. The monoisotopic (exact) mass is 256 g/mol. The Morgan fingerprint density at radius 1 is 1.47 bits per heavy atom. The topological polar surface area (TPSA) is 89.2 Å². The fourth-order valence-corrected chi connectivity index (χ4v) is 2.92. The molecule has 1 saturated heterocycles. The van der Waals surface area contributed by atoms with Crippen molar-refractivity contribution in [3.05, 3.63) is 0 Å². The van der Waals surface area contributed by atoms with Gasteiger partial charge in [0.2, 0.25) is 11.9 Å². The minimum Gasteiger partial charge on any atom is -0.467 e. The number of methoxy groups -OCH3 is 1. The second kappa shape index (κ2) is 5.37. The van der Waals surface area contributed by atoms with E-state index in [4.69, 9.17) is 10.6 Å². The van der Waals surface area contributed by atoms with Crippen molar-refractivity contribution in [1.29, 1.82) is 0 Å². The lowest BCUT2D eigenvalue weighted by Crippen LogP contribution is -2.33. The van der Waals surface area contributed by atoms with Gasteiger partial charge in [-0.15, -0.1) is 0 Å². The summed E-state index contributed by atoms with van der Waals surface area (Å²) in [6.07, 6.45) is 1.14. The maximum absolute atomic E-state index is 5.31. The molecule has 1 atom stereocenters. The number of anilines is 2. The molecule has 0 amide bonds. The number of nitrogens with zero attached hydrogens (tertiary/aromatic N) is 4. The maximum Gasteiger partial charge on any atom is 0.322 e. The SMILES string of the molecule is COc1nc(NN)nc(N(C)C2CCSC2)n1. The van der Waals surface area contributed by atoms with Gasteiger partial charge in [0.25, 0.3) is 0 Å². The van der Waals surface area contributed by atoms with E-state index in [2.05, 4.69) is 20.4 Å². The first-order chi connectivity index (χ1) is 8.24. The lowest BCUT2D eigenvalue weighted by molar-refractivity contribution is 0.378. The van der Waals surface area contributed by atoms with Gasteiger partial charge in [-0.3, -0.25) is 5.43 Å². The summed E-state index contributed by atoms with van der Waals surface area (Å²) in [7, 11) is 3.50. The fraction of sp³-hybridized carbons (Fsp3) is 0.667. The van der Waals surface area contributed by atoms with Crippen LogP contribution in [-0.4, -0.2) is 46.7 Å². The molecule has 17 heavy (non-hydrogen) atoms. The highest BCUT2D eigenvalue weighted by atomic mass is 32.2. The van der Waals surface area contributed by atoms with Crippen LogP contribution < -0.4 is 20.9 Å². The van der Waals surface area contributed by atoms with Crippen molar-refractivity contribution >= 4 is 23.7 Å². The second-order valence-electron chi connectivity index (χ2n) is 3.72. The minimum absolute atomic E-state index is 0.264. The van der Waals surface area contributed by atoms with Crippen LogP contribution in [0.15, 0.2) is 0 Å². The van der Waals surface area contributed by atoms with Crippen LogP contribution in [0, 0.1) is 0 Å². The van der Waals surface area contributed by atoms with Gasteiger partial charge >= 0.3 is 6.01 Å². The van der Waals surface area contributed by atoms with E-state index >= 15 is 0 Å². The summed E-state index contributed by atoms with van der Waals surface area (Å²) in [6, 6.07) is 0.721. The van der Waals surface area contributed by atoms with E-state index in [-0.39, 0.29) is 6.01 Å². The largest absolute Gasteiger partial charge is 0.467 e. The third-order valence-electron chi connectivity index (χ3n) is 2.68. The van der Waals surface area contributed by atoms with E-state index in [9.17, 15) is 0 Å². The predicted octanol–water partition coefficient (Wildman–Crippen LogP) is 0.107. The number of hydrogen-bond donors (Lipinski definition) is 2. The summed E-state index contributed by atoms with van der Waals surface area (Å²) >= 11 is 1.94. The third kappa shape index (κ3) is 2.70. The third-order valence-corrected chi connectivity index (χ3v) is 3.83. The Morgan fingerprint density at radius 2 is 2.29 bits per heavy atom. The summed E-state index contributed by atoms with van der Waals surface area (Å²) in [6.45, 7) is 0. The van der Waals surface area contributed by atoms with Gasteiger partial charge in [0.15, 0.2) is 0 Å². The molecule has 94 valence electrons. The Hall–Kier alpha value is -1.28. The van der Waals surface area contributed by atoms with Crippen molar-refractivity contribution in [2.75, 3.05) is 36.0 Å². The summed E-state index contributed by atoms with van der Waals surface area (Å²) in [4.78, 5) is 14.5. The molecule has 0 spiro atoms. The average molecular weight is 256 g/mol. The van der Waals surface area contributed by atoms with Crippen LogP contribution >= 0.6 is 11.8 Å². The van der Waals surface area contributed by atoms with Gasteiger partial charge in [-0.1, -0.05) is 0 Å². The number of thioether (sulfide) groups is 1. The smallest absolute Gasteiger partial charge is 0.322 e. The van der Waals surface area contributed by atoms with Crippen LogP contribution in [0.1, 0.15) is 6.42 Å². The lowest BCUT2D eigenvalue weighted by Gasteiger charge is -2.23. The van der Waals surface area contributed by atoms with Gasteiger partial charge in [-0.2, -0.15) is 26.7 Å². The van der Waals surface area contributed by atoms with Crippen LogP contribution in [0.4, 0.5) is 11.9 Å². The zero-order valence-electron chi connectivity index (χ0n) is 9.88. The Labute approximate surface area is 104 Å². The minimum atomic E-state index is 0.264. The zero-order chi connectivity index (χ0) is 12.3. The molecule has 0 saturated carbocycles. The molecule has 2 rings (SSSR count). The van der Waals surface area contributed by atoms with Gasteiger partial charge in [0.1, 0.15) is 0 Å². The van der Waals surface area contributed by atoms with Crippen LogP contribution in [-0.2, 0) is 0 Å². The molecule has 0 aliphatic carbocycles.